The van der Waals surface area contributed by atoms with Gasteiger partial charge in [0, 0.05) is 6.42 Å². The van der Waals surface area contributed by atoms with E-state index in [0.717, 1.165) is 32.1 Å². The van der Waals surface area contributed by atoms with Crippen LogP contribution in [0, 0.1) is 46.3 Å². The summed E-state index contributed by atoms with van der Waals surface area (Å²) in [4.78, 5) is 11.6. The average molecular weight is 425 g/mol. The molecular formula is C25H41FO4. The van der Waals surface area contributed by atoms with E-state index in [2.05, 4.69) is 20.8 Å². The maximum Gasteiger partial charge on any atom is 0.305 e. The van der Waals surface area contributed by atoms with E-state index in [1.807, 2.05) is 0 Å². The number of alkyl halides is 1. The van der Waals surface area contributed by atoms with Crippen LogP contribution in [0.25, 0.3) is 0 Å². The van der Waals surface area contributed by atoms with Crippen LogP contribution in [0.3, 0.4) is 0 Å². The lowest BCUT2D eigenvalue weighted by molar-refractivity contribution is -0.186. The van der Waals surface area contributed by atoms with E-state index in [4.69, 9.17) is 4.74 Å². The van der Waals surface area contributed by atoms with Crippen molar-refractivity contribution in [2.75, 3.05) is 7.11 Å². The summed E-state index contributed by atoms with van der Waals surface area (Å²) in [5.74, 6) is 2.17. The van der Waals surface area contributed by atoms with E-state index in [-0.39, 0.29) is 34.7 Å². The van der Waals surface area contributed by atoms with Crippen molar-refractivity contribution in [1.82, 2.24) is 0 Å². The Labute approximate surface area is 181 Å². The van der Waals surface area contributed by atoms with E-state index in [1.165, 1.54) is 7.11 Å². The highest BCUT2D eigenvalue weighted by Gasteiger charge is 2.63. The molecule has 0 amide bonds. The fourth-order valence-corrected chi connectivity index (χ4v) is 8.82. The lowest BCUT2D eigenvalue weighted by atomic mass is 9.43. The molecule has 0 saturated heterocycles. The van der Waals surface area contributed by atoms with Crippen LogP contribution < -0.4 is 0 Å². The molecule has 0 aromatic rings. The fourth-order valence-electron chi connectivity index (χ4n) is 8.82. The van der Waals surface area contributed by atoms with Crippen LogP contribution in [0.1, 0.15) is 78.6 Å². The van der Waals surface area contributed by atoms with Gasteiger partial charge in [-0.15, -0.1) is 0 Å². The maximum atomic E-state index is 14.6. The summed E-state index contributed by atoms with van der Waals surface area (Å²) in [6.07, 6.45) is 5.09. The predicted molar refractivity (Wildman–Crippen MR) is 113 cm³/mol. The first-order chi connectivity index (χ1) is 14.1. The lowest BCUT2D eigenvalue weighted by Crippen LogP contribution is -2.60. The van der Waals surface area contributed by atoms with E-state index in [9.17, 15) is 19.4 Å². The molecule has 0 heterocycles. The molecule has 4 aliphatic rings. The van der Waals surface area contributed by atoms with Gasteiger partial charge in [0.2, 0.25) is 0 Å². The van der Waals surface area contributed by atoms with Gasteiger partial charge >= 0.3 is 5.97 Å². The molecule has 2 N–H and O–H groups in total. The van der Waals surface area contributed by atoms with Gasteiger partial charge < -0.3 is 14.9 Å². The molecule has 4 fully saturated rings. The Morgan fingerprint density at radius 3 is 2.47 bits per heavy atom. The normalized spacial score (nSPS) is 51.4. The van der Waals surface area contributed by atoms with Crippen molar-refractivity contribution < 1.29 is 24.1 Å². The number of hydrogen-bond acceptors (Lipinski definition) is 4. The minimum absolute atomic E-state index is 0.113. The molecule has 0 spiro atoms. The molecule has 0 aliphatic heterocycles. The molecule has 11 atom stereocenters. The molecule has 172 valence electrons. The van der Waals surface area contributed by atoms with Crippen molar-refractivity contribution in [3.05, 3.63) is 0 Å². The summed E-state index contributed by atoms with van der Waals surface area (Å²) in [5.41, 5.74) is 0.0721. The molecule has 5 heteroatoms. The number of esters is 1. The summed E-state index contributed by atoms with van der Waals surface area (Å²) in [6, 6.07) is 0. The Morgan fingerprint density at radius 1 is 1.10 bits per heavy atom. The third-order valence-corrected chi connectivity index (χ3v) is 10.5. The van der Waals surface area contributed by atoms with E-state index in [0.29, 0.717) is 49.4 Å². The average Bonchev–Trinajstić information content (AvgIpc) is 3.05. The van der Waals surface area contributed by atoms with E-state index < -0.39 is 12.3 Å². The minimum atomic E-state index is -1.13. The number of halogens is 1. The van der Waals surface area contributed by atoms with Gasteiger partial charge in [-0.2, -0.15) is 0 Å². The molecule has 4 nitrogen and oxygen atoms in total. The Hall–Kier alpha value is -0.680. The summed E-state index contributed by atoms with van der Waals surface area (Å²) in [7, 11) is 1.45. The number of ether oxygens (including phenoxy) is 1. The Bertz CT molecular complexity index is 655. The number of carbonyl (C=O) groups is 1. The zero-order valence-corrected chi connectivity index (χ0v) is 19.1. The van der Waals surface area contributed by atoms with Crippen LogP contribution in [0.5, 0.6) is 0 Å². The molecule has 4 aliphatic carbocycles. The van der Waals surface area contributed by atoms with Crippen LogP contribution in [0.15, 0.2) is 0 Å². The Kier molecular flexibility index (Phi) is 6.02. The fraction of sp³-hybridized carbons (Fsp3) is 0.960. The first kappa shape index (κ1) is 22.5. The van der Waals surface area contributed by atoms with Crippen LogP contribution in [-0.2, 0) is 9.53 Å². The SMILES string of the molecule is COC(=O)CC[C@@H](C)[C@H]1CC[C@H]2[C@@H]3[C@@H](O)C[C@@H]4C[C@H](O)[C@H](F)C[C@]4(C)[C@H]3CC[C@]12C. The zero-order valence-electron chi connectivity index (χ0n) is 19.1. The molecule has 30 heavy (non-hydrogen) atoms. The number of fused-ring (bicyclic) bond motifs is 5. The van der Waals surface area contributed by atoms with Gasteiger partial charge in [-0.1, -0.05) is 20.8 Å². The van der Waals surface area contributed by atoms with Crippen molar-refractivity contribution in [2.45, 2.75) is 96.9 Å². The van der Waals surface area contributed by atoms with Gasteiger partial charge in [-0.05, 0) is 97.7 Å². The number of hydrogen-bond donors (Lipinski definition) is 2. The Balaban J connectivity index is 1.54. The van der Waals surface area contributed by atoms with Gasteiger partial charge in [-0.25, -0.2) is 4.39 Å². The lowest BCUT2D eigenvalue weighted by Gasteiger charge is -2.62. The molecule has 4 rings (SSSR count). The third-order valence-electron chi connectivity index (χ3n) is 10.5. The molecular weight excluding hydrogens is 383 g/mol. The maximum absolute atomic E-state index is 14.6. The molecule has 0 aromatic carbocycles. The molecule has 4 saturated carbocycles. The van der Waals surface area contributed by atoms with Crippen LogP contribution in [0.4, 0.5) is 4.39 Å². The smallest absolute Gasteiger partial charge is 0.305 e. The molecule has 0 bridgehead atoms. The van der Waals surface area contributed by atoms with Crippen LogP contribution in [-0.4, -0.2) is 41.7 Å². The van der Waals surface area contributed by atoms with Crippen molar-refractivity contribution >= 4 is 5.97 Å². The number of aliphatic hydroxyl groups excluding tert-OH is 2. The second-order valence-electron chi connectivity index (χ2n) is 11.6. The summed E-state index contributed by atoms with van der Waals surface area (Å²) in [5, 5.41) is 21.4. The van der Waals surface area contributed by atoms with Gasteiger partial charge in [-0.3, -0.25) is 4.79 Å². The second-order valence-corrected chi connectivity index (χ2v) is 11.6. The minimum Gasteiger partial charge on any atom is -0.469 e. The van der Waals surface area contributed by atoms with Crippen molar-refractivity contribution in [2.24, 2.45) is 46.3 Å². The predicted octanol–water partition coefficient (Wildman–Crippen LogP) is 4.51. The van der Waals surface area contributed by atoms with E-state index >= 15 is 0 Å². The second kappa shape index (κ2) is 8.03. The summed E-state index contributed by atoms with van der Waals surface area (Å²) < 4.78 is 19.4. The van der Waals surface area contributed by atoms with Crippen LogP contribution in [0.2, 0.25) is 0 Å². The molecule has 0 radical (unpaired) electrons. The number of carbonyl (C=O) groups excluding carboxylic acids is 1. The zero-order chi connectivity index (χ0) is 21.8. The number of rotatable bonds is 4. The highest BCUT2D eigenvalue weighted by Crippen LogP contribution is 2.68. The highest BCUT2D eigenvalue weighted by molar-refractivity contribution is 5.69. The number of methoxy groups -OCH3 is 1. The van der Waals surface area contributed by atoms with Crippen LogP contribution >= 0.6 is 0 Å². The number of aliphatic hydroxyl groups is 2. The quantitative estimate of drug-likeness (QED) is 0.652. The van der Waals surface area contributed by atoms with E-state index in [1.54, 1.807) is 0 Å². The third kappa shape index (κ3) is 3.43. The van der Waals surface area contributed by atoms with Crippen molar-refractivity contribution in [1.29, 1.82) is 0 Å². The van der Waals surface area contributed by atoms with Crippen molar-refractivity contribution in [3.8, 4) is 0 Å². The largest absolute Gasteiger partial charge is 0.469 e. The Morgan fingerprint density at radius 2 is 1.77 bits per heavy atom. The van der Waals surface area contributed by atoms with Crippen molar-refractivity contribution in [3.63, 3.8) is 0 Å². The topological polar surface area (TPSA) is 66.8 Å². The van der Waals surface area contributed by atoms with Gasteiger partial charge in [0.05, 0.1) is 19.3 Å². The molecule has 0 unspecified atom stereocenters. The summed E-state index contributed by atoms with van der Waals surface area (Å²) in [6.45, 7) is 6.94. The first-order valence-electron chi connectivity index (χ1n) is 12.2. The van der Waals surface area contributed by atoms with Gasteiger partial charge in [0.15, 0.2) is 0 Å². The molecule has 0 aromatic heterocycles. The summed E-state index contributed by atoms with van der Waals surface area (Å²) >= 11 is 0. The first-order valence-corrected chi connectivity index (χ1v) is 12.2. The highest BCUT2D eigenvalue weighted by atomic mass is 19.1. The standard InChI is InChI=1S/C25H41FO4/c1-14(5-8-22(29)30-4)16-6-7-17-23-18(9-10-24(16,17)2)25(3)13-19(26)20(27)11-15(25)12-21(23)28/h14-21,23,27-28H,5-13H2,1-4H3/t14-,15+,16-,17+,18+,19-,20+,21+,23+,24-,25+/m1/s1. The van der Waals surface area contributed by atoms with Gasteiger partial charge in [0.25, 0.3) is 0 Å². The van der Waals surface area contributed by atoms with Gasteiger partial charge in [0.1, 0.15) is 6.17 Å². The monoisotopic (exact) mass is 424 g/mol.